The summed E-state index contributed by atoms with van der Waals surface area (Å²) < 4.78 is 0. The number of anilines is 1. The molecule has 120 valence electrons. The molecule has 0 saturated heterocycles. The summed E-state index contributed by atoms with van der Waals surface area (Å²) in [6.45, 7) is 12.2. The molecular formula is C17H31N3S. The maximum atomic E-state index is 4.95. The summed E-state index contributed by atoms with van der Waals surface area (Å²) in [4.78, 5) is 8.95. The molecule has 0 atom stereocenters. The summed E-state index contributed by atoms with van der Waals surface area (Å²) >= 11 is 1.91. The van der Waals surface area contributed by atoms with Crippen molar-refractivity contribution in [2.24, 2.45) is 5.92 Å². The predicted octanol–water partition coefficient (Wildman–Crippen LogP) is 4.22. The van der Waals surface area contributed by atoms with Crippen LogP contribution in [0.3, 0.4) is 0 Å². The van der Waals surface area contributed by atoms with E-state index in [4.69, 9.17) is 4.98 Å². The van der Waals surface area contributed by atoms with Crippen molar-refractivity contribution in [1.82, 2.24) is 10.3 Å². The van der Waals surface area contributed by atoms with Crippen LogP contribution in [0.2, 0.25) is 0 Å². The monoisotopic (exact) mass is 309 g/mol. The van der Waals surface area contributed by atoms with Crippen molar-refractivity contribution in [3.05, 3.63) is 10.6 Å². The van der Waals surface area contributed by atoms with Gasteiger partial charge in [0.25, 0.3) is 0 Å². The average molecular weight is 310 g/mol. The maximum Gasteiger partial charge on any atom is 0.186 e. The largest absolute Gasteiger partial charge is 0.345 e. The Labute approximate surface area is 134 Å². The van der Waals surface area contributed by atoms with Crippen molar-refractivity contribution in [3.8, 4) is 0 Å². The van der Waals surface area contributed by atoms with Crippen LogP contribution in [0.25, 0.3) is 0 Å². The zero-order chi connectivity index (χ0) is 15.2. The first kappa shape index (κ1) is 16.8. The minimum Gasteiger partial charge on any atom is -0.345 e. The predicted molar refractivity (Wildman–Crippen MR) is 93.3 cm³/mol. The molecule has 1 saturated carbocycles. The Bertz CT molecular complexity index is 424. The number of unbranched alkanes of at least 4 members (excludes halogenated alkanes) is 1. The number of nitrogens with one attached hydrogen (secondary N) is 1. The van der Waals surface area contributed by atoms with E-state index in [2.05, 4.69) is 37.9 Å². The number of aromatic nitrogens is 1. The van der Waals surface area contributed by atoms with Gasteiger partial charge in [-0.1, -0.05) is 34.1 Å². The minimum atomic E-state index is 0.704. The molecule has 3 nitrogen and oxygen atoms in total. The lowest BCUT2D eigenvalue weighted by molar-refractivity contribution is 0.553. The molecule has 1 aromatic rings. The Hall–Kier alpha value is -0.610. The molecular weight excluding hydrogens is 278 g/mol. The fourth-order valence-electron chi connectivity index (χ4n) is 2.53. The molecule has 0 amide bonds. The van der Waals surface area contributed by atoms with Crippen LogP contribution in [-0.2, 0) is 13.0 Å². The van der Waals surface area contributed by atoms with Crippen molar-refractivity contribution < 1.29 is 0 Å². The Balaban J connectivity index is 2.03. The van der Waals surface area contributed by atoms with Crippen LogP contribution in [0.4, 0.5) is 5.13 Å². The number of nitrogens with zero attached hydrogens (tertiary/aromatic N) is 2. The SMILES string of the molecule is CCCCN(c1nc(CC)c(CNCC(C)C)s1)C1CC1. The summed E-state index contributed by atoms with van der Waals surface area (Å²) in [5.41, 5.74) is 1.30. The minimum absolute atomic E-state index is 0.704. The fourth-order valence-corrected chi connectivity index (χ4v) is 3.75. The third-order valence-electron chi connectivity index (χ3n) is 3.93. The molecule has 4 heteroatoms. The van der Waals surface area contributed by atoms with Gasteiger partial charge < -0.3 is 10.2 Å². The molecule has 1 aromatic heterocycles. The van der Waals surface area contributed by atoms with Crippen molar-refractivity contribution in [3.63, 3.8) is 0 Å². The van der Waals surface area contributed by atoms with Crippen LogP contribution >= 0.6 is 11.3 Å². The molecule has 0 aliphatic heterocycles. The Morgan fingerprint density at radius 3 is 2.67 bits per heavy atom. The number of hydrogen-bond donors (Lipinski definition) is 1. The molecule has 0 bridgehead atoms. The molecule has 1 aliphatic rings. The quantitative estimate of drug-likeness (QED) is 0.701. The van der Waals surface area contributed by atoms with Crippen LogP contribution in [-0.4, -0.2) is 24.1 Å². The highest BCUT2D eigenvalue weighted by atomic mass is 32.1. The van der Waals surface area contributed by atoms with Gasteiger partial charge in [-0.3, -0.25) is 0 Å². The Kier molecular flexibility index (Phi) is 6.49. The number of aryl methyl sites for hydroxylation is 1. The van der Waals surface area contributed by atoms with Crippen LogP contribution < -0.4 is 10.2 Å². The highest BCUT2D eigenvalue weighted by molar-refractivity contribution is 7.15. The fraction of sp³-hybridized carbons (Fsp3) is 0.824. The van der Waals surface area contributed by atoms with Gasteiger partial charge in [0, 0.05) is 24.0 Å². The van der Waals surface area contributed by atoms with Gasteiger partial charge in [-0.05, 0) is 38.1 Å². The van der Waals surface area contributed by atoms with Gasteiger partial charge in [0.1, 0.15) is 0 Å². The molecule has 1 fully saturated rings. The average Bonchev–Trinajstić information content (AvgIpc) is 3.20. The molecule has 21 heavy (non-hydrogen) atoms. The van der Waals surface area contributed by atoms with Crippen molar-refractivity contribution in [2.75, 3.05) is 18.0 Å². The zero-order valence-electron chi connectivity index (χ0n) is 14.1. The molecule has 0 radical (unpaired) electrons. The first-order valence-corrected chi connectivity index (χ1v) is 9.43. The second-order valence-electron chi connectivity index (χ2n) is 6.52. The standard InChI is InChI=1S/C17H31N3S/c1-5-7-10-20(14-8-9-14)17-19-15(6-2)16(21-17)12-18-11-13(3)4/h13-14,18H,5-12H2,1-4H3. The number of rotatable bonds is 10. The van der Waals surface area contributed by atoms with Crippen molar-refractivity contribution in [2.45, 2.75) is 72.4 Å². The van der Waals surface area contributed by atoms with E-state index in [-0.39, 0.29) is 0 Å². The zero-order valence-corrected chi connectivity index (χ0v) is 14.9. The molecule has 0 unspecified atom stereocenters. The first-order chi connectivity index (χ1) is 10.2. The van der Waals surface area contributed by atoms with Crippen LogP contribution in [0.15, 0.2) is 0 Å². The first-order valence-electron chi connectivity index (χ1n) is 8.61. The van der Waals surface area contributed by atoms with E-state index in [1.54, 1.807) is 0 Å². The topological polar surface area (TPSA) is 28.2 Å². The van der Waals surface area contributed by atoms with Gasteiger partial charge in [0.15, 0.2) is 5.13 Å². The summed E-state index contributed by atoms with van der Waals surface area (Å²) in [7, 11) is 0. The molecule has 2 rings (SSSR count). The van der Waals surface area contributed by atoms with E-state index in [9.17, 15) is 0 Å². The van der Waals surface area contributed by atoms with Crippen molar-refractivity contribution >= 4 is 16.5 Å². The molecule has 0 spiro atoms. The maximum absolute atomic E-state index is 4.95. The van der Waals surface area contributed by atoms with Crippen LogP contribution in [0, 0.1) is 5.92 Å². The normalized spacial score (nSPS) is 14.9. The molecule has 1 heterocycles. The van der Waals surface area contributed by atoms with Gasteiger partial charge in [0.2, 0.25) is 0 Å². The van der Waals surface area contributed by atoms with Gasteiger partial charge in [0.05, 0.1) is 5.69 Å². The smallest absolute Gasteiger partial charge is 0.186 e. The number of thiazole rings is 1. The van der Waals surface area contributed by atoms with Gasteiger partial charge >= 0.3 is 0 Å². The Morgan fingerprint density at radius 1 is 1.33 bits per heavy atom. The van der Waals surface area contributed by atoms with Crippen LogP contribution in [0.5, 0.6) is 0 Å². The lowest BCUT2D eigenvalue weighted by Crippen LogP contribution is -2.26. The van der Waals surface area contributed by atoms with E-state index >= 15 is 0 Å². The van der Waals surface area contributed by atoms with Gasteiger partial charge in [-0.15, -0.1) is 11.3 Å². The van der Waals surface area contributed by atoms with E-state index in [1.165, 1.54) is 47.9 Å². The van der Waals surface area contributed by atoms with Gasteiger partial charge in [-0.25, -0.2) is 4.98 Å². The molecule has 0 aromatic carbocycles. The molecule has 1 N–H and O–H groups in total. The lowest BCUT2D eigenvalue weighted by atomic mass is 10.2. The summed E-state index contributed by atoms with van der Waals surface area (Å²) in [6, 6.07) is 0.767. The highest BCUT2D eigenvalue weighted by Gasteiger charge is 2.31. The summed E-state index contributed by atoms with van der Waals surface area (Å²) in [6.07, 6.45) is 6.29. The number of hydrogen-bond acceptors (Lipinski definition) is 4. The highest BCUT2D eigenvalue weighted by Crippen LogP contribution is 2.35. The summed E-state index contributed by atoms with van der Waals surface area (Å²) in [5, 5.41) is 4.84. The van der Waals surface area contributed by atoms with E-state index in [0.29, 0.717) is 5.92 Å². The second kappa shape index (κ2) is 8.14. The third kappa shape index (κ3) is 4.96. The lowest BCUT2D eigenvalue weighted by Gasteiger charge is -2.20. The van der Waals surface area contributed by atoms with Gasteiger partial charge in [-0.2, -0.15) is 0 Å². The van der Waals surface area contributed by atoms with E-state index in [1.807, 2.05) is 11.3 Å². The second-order valence-corrected chi connectivity index (χ2v) is 7.58. The molecule has 1 aliphatic carbocycles. The Morgan fingerprint density at radius 2 is 2.10 bits per heavy atom. The van der Waals surface area contributed by atoms with Crippen LogP contribution in [0.1, 0.15) is 63.9 Å². The summed E-state index contributed by atoms with van der Waals surface area (Å²) in [5.74, 6) is 0.704. The van der Waals surface area contributed by atoms with E-state index < -0.39 is 0 Å². The van der Waals surface area contributed by atoms with E-state index in [0.717, 1.165) is 25.6 Å². The third-order valence-corrected chi connectivity index (χ3v) is 5.06. The van der Waals surface area contributed by atoms with Crippen molar-refractivity contribution in [1.29, 1.82) is 0 Å².